The maximum Gasteiger partial charge on any atom is 0.148 e. The zero-order valence-corrected chi connectivity index (χ0v) is 14.7. The summed E-state index contributed by atoms with van der Waals surface area (Å²) < 4.78 is 7.03. The number of aromatic nitrogens is 4. The van der Waals surface area contributed by atoms with Gasteiger partial charge in [-0.2, -0.15) is 5.10 Å². The minimum atomic E-state index is 0.580. The predicted molar refractivity (Wildman–Crippen MR) is 102 cm³/mol. The average Bonchev–Trinajstić information content (AvgIpc) is 3.15. The van der Waals surface area contributed by atoms with Gasteiger partial charge < -0.3 is 10.1 Å². The van der Waals surface area contributed by atoms with Crippen LogP contribution in [0.5, 0.6) is 5.75 Å². The topological polar surface area (TPSA) is 64.9 Å². The van der Waals surface area contributed by atoms with Crippen LogP contribution in [0, 0.1) is 6.92 Å². The van der Waals surface area contributed by atoms with E-state index in [1.807, 2.05) is 72.4 Å². The average molecular weight is 345 g/mol. The monoisotopic (exact) mass is 345 g/mol. The van der Waals surface area contributed by atoms with Crippen molar-refractivity contribution in [1.29, 1.82) is 0 Å². The smallest absolute Gasteiger partial charge is 0.148 e. The lowest BCUT2D eigenvalue weighted by Gasteiger charge is -2.08. The number of nitrogens with zero attached hydrogens (tertiary/aromatic N) is 4. The first-order chi connectivity index (χ1) is 12.7. The van der Waals surface area contributed by atoms with Gasteiger partial charge in [-0.05, 0) is 49.4 Å². The summed E-state index contributed by atoms with van der Waals surface area (Å²) in [5, 5.41) is 7.94. The third-order valence-electron chi connectivity index (χ3n) is 4.16. The van der Waals surface area contributed by atoms with Gasteiger partial charge in [0.1, 0.15) is 11.6 Å². The van der Waals surface area contributed by atoms with Gasteiger partial charge in [-0.25, -0.2) is 14.6 Å². The SMILES string of the molecule is COc1ccc(-n2ccc(CNc3nc4ccccc4nc3C)n2)cc1. The van der Waals surface area contributed by atoms with Crippen molar-refractivity contribution in [2.75, 3.05) is 12.4 Å². The number of fused-ring (bicyclic) bond motifs is 1. The van der Waals surface area contributed by atoms with Crippen LogP contribution >= 0.6 is 0 Å². The Kier molecular flexibility index (Phi) is 4.23. The van der Waals surface area contributed by atoms with Crippen molar-refractivity contribution in [3.8, 4) is 11.4 Å². The molecule has 0 aliphatic rings. The first-order valence-corrected chi connectivity index (χ1v) is 8.39. The molecule has 130 valence electrons. The Morgan fingerprint density at radius 2 is 1.69 bits per heavy atom. The Morgan fingerprint density at radius 1 is 0.962 bits per heavy atom. The fourth-order valence-corrected chi connectivity index (χ4v) is 2.76. The first kappa shape index (κ1) is 16.1. The van der Waals surface area contributed by atoms with Crippen LogP contribution in [0.25, 0.3) is 16.7 Å². The van der Waals surface area contributed by atoms with Gasteiger partial charge in [-0.1, -0.05) is 12.1 Å². The minimum absolute atomic E-state index is 0.580. The third kappa shape index (κ3) is 3.21. The van der Waals surface area contributed by atoms with Gasteiger partial charge in [0.2, 0.25) is 0 Å². The van der Waals surface area contributed by atoms with E-state index in [1.165, 1.54) is 0 Å². The van der Waals surface area contributed by atoms with E-state index in [0.29, 0.717) is 6.54 Å². The molecule has 6 nitrogen and oxygen atoms in total. The third-order valence-corrected chi connectivity index (χ3v) is 4.16. The van der Waals surface area contributed by atoms with Gasteiger partial charge in [-0.3, -0.25) is 0 Å². The molecule has 0 bridgehead atoms. The molecule has 0 amide bonds. The quantitative estimate of drug-likeness (QED) is 0.597. The number of methoxy groups -OCH3 is 1. The van der Waals surface area contributed by atoms with Crippen molar-refractivity contribution in [3.63, 3.8) is 0 Å². The summed E-state index contributed by atoms with van der Waals surface area (Å²) in [6.45, 7) is 2.54. The van der Waals surface area contributed by atoms with E-state index >= 15 is 0 Å². The molecule has 4 rings (SSSR count). The van der Waals surface area contributed by atoms with Gasteiger partial charge in [-0.15, -0.1) is 0 Å². The van der Waals surface area contributed by atoms with Gasteiger partial charge >= 0.3 is 0 Å². The summed E-state index contributed by atoms with van der Waals surface area (Å²) in [4.78, 5) is 9.25. The second kappa shape index (κ2) is 6.84. The molecule has 1 N–H and O–H groups in total. The van der Waals surface area contributed by atoms with Crippen molar-refractivity contribution in [3.05, 3.63) is 72.2 Å². The summed E-state index contributed by atoms with van der Waals surface area (Å²) in [6.07, 6.45) is 1.94. The highest BCUT2D eigenvalue weighted by Crippen LogP contribution is 2.17. The molecule has 4 aromatic rings. The van der Waals surface area contributed by atoms with Crippen LogP contribution < -0.4 is 10.1 Å². The maximum absolute atomic E-state index is 5.19. The van der Waals surface area contributed by atoms with Gasteiger partial charge in [0.25, 0.3) is 0 Å². The number of rotatable bonds is 5. The highest BCUT2D eigenvalue weighted by atomic mass is 16.5. The molecule has 0 fully saturated rings. The zero-order chi connectivity index (χ0) is 17.9. The van der Waals surface area contributed by atoms with E-state index in [4.69, 9.17) is 4.74 Å². The molecular formula is C20H19N5O. The second-order valence-electron chi connectivity index (χ2n) is 5.95. The summed E-state index contributed by atoms with van der Waals surface area (Å²) >= 11 is 0. The highest BCUT2D eigenvalue weighted by Gasteiger charge is 2.06. The zero-order valence-electron chi connectivity index (χ0n) is 14.7. The number of ether oxygens (including phenoxy) is 1. The van der Waals surface area contributed by atoms with Crippen LogP contribution in [0.1, 0.15) is 11.4 Å². The Bertz CT molecular complexity index is 1040. The molecule has 2 heterocycles. The van der Waals surface area contributed by atoms with Gasteiger partial charge in [0, 0.05) is 6.20 Å². The van der Waals surface area contributed by atoms with Crippen LogP contribution in [0.15, 0.2) is 60.8 Å². The number of nitrogens with one attached hydrogen (secondary N) is 1. The molecule has 0 aliphatic carbocycles. The fraction of sp³-hybridized carbons (Fsp3) is 0.150. The summed E-state index contributed by atoms with van der Waals surface area (Å²) in [6, 6.07) is 17.6. The van der Waals surface area contributed by atoms with Crippen molar-refractivity contribution < 1.29 is 4.74 Å². The van der Waals surface area contributed by atoms with Crippen LogP contribution in [-0.2, 0) is 6.54 Å². The Labute approximate surface area is 151 Å². The van der Waals surface area contributed by atoms with Gasteiger partial charge in [0.05, 0.1) is 41.8 Å². The highest BCUT2D eigenvalue weighted by molar-refractivity contribution is 5.76. The van der Waals surface area contributed by atoms with Crippen molar-refractivity contribution in [2.45, 2.75) is 13.5 Å². The van der Waals surface area contributed by atoms with Crippen LogP contribution in [0.4, 0.5) is 5.82 Å². The lowest BCUT2D eigenvalue weighted by molar-refractivity contribution is 0.414. The van der Waals surface area contributed by atoms with E-state index in [-0.39, 0.29) is 0 Å². The normalized spacial score (nSPS) is 10.8. The number of hydrogen-bond donors (Lipinski definition) is 1. The Morgan fingerprint density at radius 3 is 2.42 bits per heavy atom. The second-order valence-corrected chi connectivity index (χ2v) is 5.95. The molecule has 0 saturated carbocycles. The van der Waals surface area contributed by atoms with Gasteiger partial charge in [0.15, 0.2) is 0 Å². The van der Waals surface area contributed by atoms with Crippen LogP contribution in [0.3, 0.4) is 0 Å². The number of benzene rings is 2. The summed E-state index contributed by atoms with van der Waals surface area (Å²) in [7, 11) is 1.66. The number of para-hydroxylation sites is 2. The number of hydrogen-bond acceptors (Lipinski definition) is 5. The van der Waals surface area contributed by atoms with E-state index < -0.39 is 0 Å². The van der Waals surface area contributed by atoms with E-state index in [1.54, 1.807) is 7.11 Å². The van der Waals surface area contributed by atoms with Crippen LogP contribution in [0.2, 0.25) is 0 Å². The van der Waals surface area contributed by atoms with E-state index in [9.17, 15) is 0 Å². The molecule has 0 unspecified atom stereocenters. The molecular weight excluding hydrogens is 326 g/mol. The van der Waals surface area contributed by atoms with Crippen molar-refractivity contribution in [2.24, 2.45) is 0 Å². The number of aryl methyl sites for hydroxylation is 1. The Hall–Kier alpha value is -3.41. The van der Waals surface area contributed by atoms with E-state index in [0.717, 1.165) is 39.7 Å². The molecule has 2 aromatic heterocycles. The first-order valence-electron chi connectivity index (χ1n) is 8.39. The lowest BCUT2D eigenvalue weighted by Crippen LogP contribution is -2.06. The molecule has 26 heavy (non-hydrogen) atoms. The van der Waals surface area contributed by atoms with Crippen molar-refractivity contribution >= 4 is 16.9 Å². The standard InChI is InChI=1S/C20H19N5O/c1-14-20(23-19-6-4-3-5-18(19)22-14)21-13-15-11-12-25(24-15)16-7-9-17(26-2)10-8-16/h3-12H,13H2,1-2H3,(H,21,23). The van der Waals surface area contributed by atoms with Crippen molar-refractivity contribution in [1.82, 2.24) is 19.7 Å². The van der Waals surface area contributed by atoms with Crippen LogP contribution in [-0.4, -0.2) is 26.9 Å². The molecule has 0 radical (unpaired) electrons. The molecule has 0 atom stereocenters. The molecule has 6 heteroatoms. The number of anilines is 1. The molecule has 0 saturated heterocycles. The largest absolute Gasteiger partial charge is 0.497 e. The minimum Gasteiger partial charge on any atom is -0.497 e. The molecule has 0 aliphatic heterocycles. The summed E-state index contributed by atoms with van der Waals surface area (Å²) in [5.41, 5.74) is 4.57. The van der Waals surface area contributed by atoms with E-state index in [2.05, 4.69) is 20.4 Å². The maximum atomic E-state index is 5.19. The Balaban J connectivity index is 1.50. The molecule has 0 spiro atoms. The lowest BCUT2D eigenvalue weighted by atomic mass is 10.3. The molecule has 2 aromatic carbocycles. The summed E-state index contributed by atoms with van der Waals surface area (Å²) in [5.74, 6) is 1.61. The fourth-order valence-electron chi connectivity index (χ4n) is 2.76. The predicted octanol–water partition coefficient (Wildman–Crippen LogP) is 3.74.